The number of nitrogens with two attached hydrogens (primary N) is 1. The summed E-state index contributed by atoms with van der Waals surface area (Å²) in [5, 5.41) is 16.1. The molecule has 1 aliphatic carbocycles. The molecule has 1 amide bonds. The van der Waals surface area contributed by atoms with Crippen LogP contribution >= 0.6 is 0 Å². The normalized spacial score (nSPS) is 23.9. The van der Waals surface area contributed by atoms with Gasteiger partial charge in [-0.05, 0) is 69.4 Å². The van der Waals surface area contributed by atoms with Crippen molar-refractivity contribution in [3.05, 3.63) is 72.1 Å². The van der Waals surface area contributed by atoms with Crippen LogP contribution in [0.4, 0.5) is 25.8 Å². The Kier molecular flexibility index (Phi) is 10.9. The van der Waals surface area contributed by atoms with Crippen molar-refractivity contribution < 1.29 is 23.1 Å². The molecule has 6 rings (SSSR count). The van der Waals surface area contributed by atoms with Crippen LogP contribution < -0.4 is 31.5 Å². The minimum atomic E-state index is -0.696. The summed E-state index contributed by atoms with van der Waals surface area (Å²) in [6.07, 6.45) is 7.75. The summed E-state index contributed by atoms with van der Waals surface area (Å²) >= 11 is 0. The Balaban J connectivity index is 1.18. The number of nitrogens with zero attached hydrogens (tertiary/aromatic N) is 4. The van der Waals surface area contributed by atoms with Gasteiger partial charge in [0.1, 0.15) is 29.0 Å². The highest BCUT2D eigenvalue weighted by molar-refractivity contribution is 6.06. The fourth-order valence-corrected chi connectivity index (χ4v) is 7.69. The number of hydroxylamine groups is 2. The van der Waals surface area contributed by atoms with Gasteiger partial charge in [0.05, 0.1) is 36.8 Å². The predicted molar refractivity (Wildman–Crippen MR) is 191 cm³/mol. The molecule has 2 aromatic rings. The van der Waals surface area contributed by atoms with E-state index in [0.29, 0.717) is 47.2 Å². The highest BCUT2D eigenvalue weighted by atomic mass is 19.1. The number of anilines is 3. The molecular formula is C36H49F2N9O3. The molecule has 2 aromatic carbocycles. The molecular weight excluding hydrogens is 644 g/mol. The minimum Gasteiger partial charge on any atom is -0.494 e. The van der Waals surface area contributed by atoms with E-state index in [4.69, 9.17) is 20.8 Å². The van der Waals surface area contributed by atoms with Crippen LogP contribution in [0.5, 0.6) is 5.75 Å². The Morgan fingerprint density at radius 2 is 1.60 bits per heavy atom. The number of amides is 1. The number of piperidine rings is 1. The number of amidine groups is 1. The molecule has 0 aromatic heterocycles. The molecule has 50 heavy (non-hydrogen) atoms. The average molecular weight is 694 g/mol. The maximum atomic E-state index is 14.0. The number of hydrogen-bond acceptors (Lipinski definition) is 10. The van der Waals surface area contributed by atoms with Crippen LogP contribution in [0.25, 0.3) is 0 Å². The maximum Gasteiger partial charge on any atom is 0.247 e. The molecule has 3 heterocycles. The number of nitrogens with one attached hydrogen (secondary N) is 4. The van der Waals surface area contributed by atoms with Crippen LogP contribution in [-0.4, -0.2) is 90.7 Å². The lowest BCUT2D eigenvalue weighted by molar-refractivity contribution is -0.111. The second-order valence-electron chi connectivity index (χ2n) is 13.7. The van der Waals surface area contributed by atoms with E-state index in [2.05, 4.69) is 51.2 Å². The number of carbonyl (C=O) groups is 1. The number of piperazine rings is 1. The monoisotopic (exact) mass is 693 g/mol. The van der Waals surface area contributed by atoms with Crippen LogP contribution in [0.15, 0.2) is 54.9 Å². The first-order valence-corrected chi connectivity index (χ1v) is 17.4. The van der Waals surface area contributed by atoms with Crippen molar-refractivity contribution in [1.29, 1.82) is 5.41 Å². The molecule has 6 N–H and O–H groups in total. The molecule has 270 valence electrons. The van der Waals surface area contributed by atoms with Gasteiger partial charge in [0.15, 0.2) is 0 Å². The Bertz CT molecular complexity index is 1590. The van der Waals surface area contributed by atoms with Gasteiger partial charge in [-0.3, -0.25) is 24.8 Å². The van der Waals surface area contributed by atoms with Crippen LogP contribution in [0.1, 0.15) is 57.6 Å². The number of benzene rings is 2. The molecule has 14 heteroatoms. The van der Waals surface area contributed by atoms with Crippen LogP contribution in [-0.2, 0) is 9.63 Å². The summed E-state index contributed by atoms with van der Waals surface area (Å²) in [5.41, 5.74) is 4.73. The second-order valence-corrected chi connectivity index (χ2v) is 13.7. The Morgan fingerprint density at radius 3 is 2.18 bits per heavy atom. The molecule has 12 nitrogen and oxygen atoms in total. The van der Waals surface area contributed by atoms with Crippen LogP contribution in [0.2, 0.25) is 0 Å². The lowest BCUT2D eigenvalue weighted by Crippen LogP contribution is -2.61. The van der Waals surface area contributed by atoms with Crippen molar-refractivity contribution in [3.8, 4) is 5.75 Å². The van der Waals surface area contributed by atoms with Crippen molar-refractivity contribution in [2.75, 3.05) is 55.4 Å². The van der Waals surface area contributed by atoms with Gasteiger partial charge in [-0.15, -0.1) is 0 Å². The average Bonchev–Trinajstić information content (AvgIpc) is 3.83. The molecule has 0 radical (unpaired) electrons. The third kappa shape index (κ3) is 7.88. The number of ether oxygens (including phenoxy) is 1. The summed E-state index contributed by atoms with van der Waals surface area (Å²) in [6.45, 7) is 12.5. The lowest BCUT2D eigenvalue weighted by atomic mass is 9.97. The summed E-state index contributed by atoms with van der Waals surface area (Å²) in [5.74, 6) is 4.67. The standard InChI is InChI=1S/C36H49F2N9O3/c1-5-36(48)42-29-17-30(41-34(39)19-35(43-40)47-31(10-13-50-47)24-14-25(37)16-26(38)15-24)33(49-4)18-32(29)44-11-8-28(9-12-44)46-21-22(2)45(20-23(46)3)27-6-7-27/h5,14-19,22-23,27-28,31,43H,1,6-13,20-21,40H2,2-4H3,(H2,39,41)(H,42,48)/b35-19+/t22-,23+,31+/m0/s1. The molecule has 4 aliphatic rings. The third-order valence-corrected chi connectivity index (χ3v) is 10.2. The van der Waals surface area contributed by atoms with Gasteiger partial charge in [-0.25, -0.2) is 19.7 Å². The summed E-state index contributed by atoms with van der Waals surface area (Å²) in [4.78, 5) is 26.0. The summed E-state index contributed by atoms with van der Waals surface area (Å²) in [6, 6.07) is 8.74. The van der Waals surface area contributed by atoms with Gasteiger partial charge in [-0.2, -0.15) is 0 Å². The molecule has 3 atom stereocenters. The van der Waals surface area contributed by atoms with Gasteiger partial charge < -0.3 is 25.7 Å². The zero-order valence-electron chi connectivity index (χ0n) is 29.1. The Labute approximate surface area is 292 Å². The lowest BCUT2D eigenvalue weighted by Gasteiger charge is -2.49. The van der Waals surface area contributed by atoms with E-state index in [0.717, 1.165) is 56.8 Å². The van der Waals surface area contributed by atoms with E-state index in [1.54, 1.807) is 13.2 Å². The van der Waals surface area contributed by atoms with E-state index < -0.39 is 17.7 Å². The van der Waals surface area contributed by atoms with E-state index in [-0.39, 0.29) is 24.2 Å². The van der Waals surface area contributed by atoms with E-state index >= 15 is 0 Å². The SMILES string of the molecule is C=CC(=O)Nc1cc(NC(=N)/C=C(\NN)N2OCC[C@@H]2c2cc(F)cc(F)c2)c(OC)cc1N1CCC(N2C[C@H](C)N(C3CC3)C[C@H]2C)CC1. The molecule has 3 saturated heterocycles. The van der Waals surface area contributed by atoms with Crippen molar-refractivity contribution in [3.63, 3.8) is 0 Å². The number of hydrazine groups is 1. The van der Waals surface area contributed by atoms with Gasteiger partial charge in [-0.1, -0.05) is 6.58 Å². The fraction of sp³-hybridized carbons (Fsp3) is 0.500. The summed E-state index contributed by atoms with van der Waals surface area (Å²) in [7, 11) is 1.55. The van der Waals surface area contributed by atoms with Gasteiger partial charge >= 0.3 is 0 Å². The molecule has 1 saturated carbocycles. The Morgan fingerprint density at radius 1 is 0.960 bits per heavy atom. The topological polar surface area (TPSA) is 134 Å². The molecule has 0 bridgehead atoms. The highest BCUT2D eigenvalue weighted by Crippen LogP contribution is 2.40. The molecule has 3 aliphatic heterocycles. The third-order valence-electron chi connectivity index (χ3n) is 10.2. The number of hydrogen-bond donors (Lipinski definition) is 5. The van der Waals surface area contributed by atoms with Crippen LogP contribution in [0.3, 0.4) is 0 Å². The highest BCUT2D eigenvalue weighted by Gasteiger charge is 2.40. The second kappa shape index (κ2) is 15.3. The molecule has 4 fully saturated rings. The predicted octanol–water partition coefficient (Wildman–Crippen LogP) is 4.70. The fourth-order valence-electron chi connectivity index (χ4n) is 7.69. The maximum absolute atomic E-state index is 14.0. The number of halogens is 2. The van der Waals surface area contributed by atoms with Gasteiger partial charge in [0.2, 0.25) is 5.91 Å². The smallest absolute Gasteiger partial charge is 0.247 e. The zero-order chi connectivity index (χ0) is 35.5. The van der Waals surface area contributed by atoms with Crippen molar-refractivity contribution >= 4 is 28.8 Å². The molecule has 0 spiro atoms. The quantitative estimate of drug-likeness (QED) is 0.0742. The number of methoxy groups -OCH3 is 1. The molecule has 0 unspecified atom stereocenters. The number of rotatable bonds is 11. The van der Waals surface area contributed by atoms with E-state index in [1.165, 1.54) is 42.2 Å². The van der Waals surface area contributed by atoms with Gasteiger partial charge in [0, 0.05) is 75.0 Å². The van der Waals surface area contributed by atoms with E-state index in [1.807, 2.05) is 6.07 Å². The Hall–Kier alpha value is -4.24. The van der Waals surface area contributed by atoms with Crippen LogP contribution in [0, 0.1) is 17.0 Å². The van der Waals surface area contributed by atoms with Crippen molar-refractivity contribution in [2.24, 2.45) is 5.84 Å². The minimum absolute atomic E-state index is 0.0874. The number of carbonyl (C=O) groups excluding carboxylic acids is 1. The van der Waals surface area contributed by atoms with Gasteiger partial charge in [0.25, 0.3) is 0 Å². The first kappa shape index (κ1) is 35.6. The first-order chi connectivity index (χ1) is 24.1. The van der Waals surface area contributed by atoms with Crippen molar-refractivity contribution in [1.82, 2.24) is 20.3 Å². The summed E-state index contributed by atoms with van der Waals surface area (Å²) < 4.78 is 33.8. The zero-order valence-corrected chi connectivity index (χ0v) is 29.1. The van der Waals surface area contributed by atoms with Crippen molar-refractivity contribution in [2.45, 2.75) is 76.2 Å². The first-order valence-electron chi connectivity index (χ1n) is 17.4. The van der Waals surface area contributed by atoms with E-state index in [9.17, 15) is 13.6 Å². The largest absolute Gasteiger partial charge is 0.494 e.